The van der Waals surface area contributed by atoms with Crippen molar-refractivity contribution in [3.8, 4) is 5.75 Å². The number of esters is 1. The van der Waals surface area contributed by atoms with E-state index < -0.39 is 28.2 Å². The van der Waals surface area contributed by atoms with Crippen molar-refractivity contribution in [2.24, 2.45) is 4.99 Å². The predicted molar refractivity (Wildman–Crippen MR) is 130 cm³/mol. The minimum absolute atomic E-state index is 0.153. The number of carbonyl (C=O) groups is 3. The lowest BCUT2D eigenvalue weighted by atomic mass is 10.2. The van der Waals surface area contributed by atoms with Crippen molar-refractivity contribution in [3.05, 3.63) is 71.5 Å². The van der Waals surface area contributed by atoms with Crippen molar-refractivity contribution >= 4 is 41.3 Å². The molecule has 0 saturated heterocycles. The molecule has 1 heterocycles. The summed E-state index contributed by atoms with van der Waals surface area (Å²) < 4.78 is 9.92. The van der Waals surface area contributed by atoms with Gasteiger partial charge in [-0.05, 0) is 45.0 Å². The Bertz CT molecular complexity index is 1190. The molecule has 1 aliphatic heterocycles. The first-order valence-corrected chi connectivity index (χ1v) is 11.2. The number of hydrogen-bond acceptors (Lipinski definition) is 7. The van der Waals surface area contributed by atoms with Crippen molar-refractivity contribution in [2.45, 2.75) is 32.8 Å². The Morgan fingerprint density at radius 3 is 2.34 bits per heavy atom. The molecule has 9 nitrogen and oxygen atoms in total. The molecule has 2 aromatic carbocycles. The molecule has 0 aliphatic carbocycles. The molecular weight excluding hydrogens is 474 g/mol. The standard InChI is InChI=1S/C25H26ClN3O6/c1-25(2,3)35-23(31)28(4)15-13-21-27-14-16-29(21,24(32)33)17-9-11-18(12-10-17)34-22(30)19-7-5-6-8-20(19)26/h5-12,14,16H,13,15H2,1-4H3. The van der Waals surface area contributed by atoms with Crippen LogP contribution < -0.4 is 14.3 Å². The van der Waals surface area contributed by atoms with Crippen LogP contribution in [0.5, 0.6) is 5.75 Å². The number of benzene rings is 2. The normalized spacial score (nSPS) is 17.0. The van der Waals surface area contributed by atoms with E-state index in [-0.39, 0.29) is 35.1 Å². The van der Waals surface area contributed by atoms with Gasteiger partial charge in [-0.1, -0.05) is 23.7 Å². The Morgan fingerprint density at radius 1 is 1.09 bits per heavy atom. The summed E-state index contributed by atoms with van der Waals surface area (Å²) in [5.41, 5.74) is -0.128. The van der Waals surface area contributed by atoms with Gasteiger partial charge in [-0.2, -0.15) is 4.48 Å². The van der Waals surface area contributed by atoms with Gasteiger partial charge >= 0.3 is 12.1 Å². The van der Waals surface area contributed by atoms with Crippen molar-refractivity contribution in [3.63, 3.8) is 0 Å². The fraction of sp³-hybridized carbons (Fsp3) is 0.280. The lowest BCUT2D eigenvalue weighted by Gasteiger charge is -2.32. The first-order chi connectivity index (χ1) is 16.4. The van der Waals surface area contributed by atoms with Gasteiger partial charge in [-0.25, -0.2) is 14.6 Å². The summed E-state index contributed by atoms with van der Waals surface area (Å²) in [5.74, 6) is -0.177. The van der Waals surface area contributed by atoms with Gasteiger partial charge in [0.05, 0.1) is 23.2 Å². The number of rotatable bonds is 6. The third-order valence-electron chi connectivity index (χ3n) is 5.13. The monoisotopic (exact) mass is 499 g/mol. The topological polar surface area (TPSA) is 108 Å². The van der Waals surface area contributed by atoms with Gasteiger partial charge in [0.25, 0.3) is 6.09 Å². The zero-order chi connectivity index (χ0) is 25.8. The minimum atomic E-state index is -1.42. The number of quaternary nitrogens is 1. The van der Waals surface area contributed by atoms with Crippen LogP contribution in [-0.2, 0) is 4.74 Å². The lowest BCUT2D eigenvalue weighted by molar-refractivity contribution is -0.257. The second kappa shape index (κ2) is 10.3. The highest BCUT2D eigenvalue weighted by Gasteiger charge is 2.41. The third-order valence-corrected chi connectivity index (χ3v) is 5.46. The molecule has 10 heteroatoms. The van der Waals surface area contributed by atoms with Crippen LogP contribution in [0.25, 0.3) is 0 Å². The molecule has 0 radical (unpaired) electrons. The van der Waals surface area contributed by atoms with Crippen LogP contribution in [0.2, 0.25) is 5.02 Å². The number of carbonyl (C=O) groups excluding carboxylic acids is 3. The first-order valence-electron chi connectivity index (χ1n) is 10.8. The van der Waals surface area contributed by atoms with E-state index in [1.54, 1.807) is 52.1 Å². The van der Waals surface area contributed by atoms with Crippen LogP contribution in [0, 0.1) is 0 Å². The number of ether oxygens (including phenoxy) is 2. The van der Waals surface area contributed by atoms with Crippen molar-refractivity contribution in [2.75, 3.05) is 13.6 Å². The van der Waals surface area contributed by atoms with Crippen LogP contribution in [0.1, 0.15) is 37.6 Å². The minimum Gasteiger partial charge on any atom is -0.497 e. The van der Waals surface area contributed by atoms with Gasteiger partial charge in [0.1, 0.15) is 23.2 Å². The summed E-state index contributed by atoms with van der Waals surface area (Å²) in [4.78, 5) is 42.5. The SMILES string of the molecule is CN(CCC1=NC=C[N+]1(C(=O)[O-])c1ccc(OC(=O)c2ccccc2Cl)cc1)C(=O)OC(C)(C)C. The van der Waals surface area contributed by atoms with Gasteiger partial charge < -0.3 is 24.3 Å². The Hall–Kier alpha value is -3.69. The molecule has 1 aliphatic rings. The van der Waals surface area contributed by atoms with E-state index in [2.05, 4.69) is 4.99 Å². The van der Waals surface area contributed by atoms with Crippen LogP contribution in [0.4, 0.5) is 15.3 Å². The largest absolute Gasteiger partial charge is 0.497 e. The fourth-order valence-corrected chi connectivity index (χ4v) is 3.59. The Balaban J connectivity index is 1.75. The molecular formula is C25H26ClN3O6. The molecule has 1 unspecified atom stereocenters. The average molecular weight is 500 g/mol. The highest BCUT2D eigenvalue weighted by Crippen LogP contribution is 2.31. The molecule has 35 heavy (non-hydrogen) atoms. The maximum Gasteiger partial charge on any atom is 0.410 e. The number of carboxylic acid groups (broad SMARTS) is 1. The van der Waals surface area contributed by atoms with Gasteiger partial charge in [0, 0.05) is 25.7 Å². The molecule has 0 aromatic heterocycles. The van der Waals surface area contributed by atoms with Crippen LogP contribution >= 0.6 is 11.6 Å². The quantitative estimate of drug-likeness (QED) is 0.332. The zero-order valence-electron chi connectivity index (χ0n) is 19.9. The zero-order valence-corrected chi connectivity index (χ0v) is 20.6. The molecule has 3 rings (SSSR count). The summed E-state index contributed by atoms with van der Waals surface area (Å²) in [7, 11) is 1.56. The number of hydrogen-bond donors (Lipinski definition) is 0. The van der Waals surface area contributed by atoms with Gasteiger partial charge in [0.2, 0.25) is 5.84 Å². The third kappa shape index (κ3) is 5.87. The van der Waals surface area contributed by atoms with Crippen molar-refractivity contribution in [1.82, 2.24) is 9.38 Å². The van der Waals surface area contributed by atoms with Gasteiger partial charge in [-0.3, -0.25) is 0 Å². The molecule has 0 N–H and O–H groups in total. The number of amidine groups is 1. The molecule has 0 fully saturated rings. The van der Waals surface area contributed by atoms with Crippen LogP contribution in [-0.4, -0.2) is 48.1 Å². The Morgan fingerprint density at radius 2 is 1.74 bits per heavy atom. The molecule has 0 bridgehead atoms. The Kier molecular flexibility index (Phi) is 7.62. The van der Waals surface area contributed by atoms with E-state index in [0.29, 0.717) is 5.69 Å². The highest BCUT2D eigenvalue weighted by atomic mass is 35.5. The summed E-state index contributed by atoms with van der Waals surface area (Å²) in [6.45, 7) is 5.46. The summed E-state index contributed by atoms with van der Waals surface area (Å²) in [6.07, 6.45) is 0.964. The first kappa shape index (κ1) is 25.9. The van der Waals surface area contributed by atoms with Gasteiger partial charge in [0.15, 0.2) is 0 Å². The second-order valence-corrected chi connectivity index (χ2v) is 9.25. The van der Waals surface area contributed by atoms with E-state index in [0.717, 1.165) is 0 Å². The van der Waals surface area contributed by atoms with E-state index in [4.69, 9.17) is 21.1 Å². The molecule has 2 aromatic rings. The predicted octanol–water partition coefficient (Wildman–Crippen LogP) is 4.35. The van der Waals surface area contributed by atoms with E-state index >= 15 is 0 Å². The fourth-order valence-electron chi connectivity index (χ4n) is 3.38. The van der Waals surface area contributed by atoms with Crippen LogP contribution in [0.3, 0.4) is 0 Å². The molecule has 1 atom stereocenters. The molecule has 2 amide bonds. The molecule has 0 saturated carbocycles. The molecule has 184 valence electrons. The smallest absolute Gasteiger partial charge is 0.410 e. The maximum atomic E-state index is 12.4. The second-order valence-electron chi connectivity index (χ2n) is 8.85. The number of amides is 2. The van der Waals surface area contributed by atoms with E-state index in [9.17, 15) is 19.5 Å². The molecule has 0 spiro atoms. The maximum absolute atomic E-state index is 12.4. The van der Waals surface area contributed by atoms with E-state index in [1.165, 1.54) is 41.6 Å². The summed E-state index contributed by atoms with van der Waals surface area (Å²) in [6, 6.07) is 12.5. The summed E-state index contributed by atoms with van der Waals surface area (Å²) in [5, 5.41) is 12.6. The van der Waals surface area contributed by atoms with Crippen molar-refractivity contribution < 1.29 is 29.0 Å². The lowest BCUT2D eigenvalue weighted by Crippen LogP contribution is -2.59. The highest BCUT2D eigenvalue weighted by molar-refractivity contribution is 6.33. The van der Waals surface area contributed by atoms with E-state index in [1.807, 2.05) is 0 Å². The number of nitrogens with zero attached hydrogens (tertiary/aromatic N) is 3. The number of aliphatic imine (C=N–C) groups is 1. The number of halogens is 1. The van der Waals surface area contributed by atoms with Gasteiger partial charge in [-0.15, -0.1) is 0 Å². The average Bonchev–Trinajstić information content (AvgIpc) is 3.22. The Labute approximate surface area is 208 Å². The van der Waals surface area contributed by atoms with Crippen LogP contribution in [0.15, 0.2) is 65.9 Å². The summed E-state index contributed by atoms with van der Waals surface area (Å²) >= 11 is 6.04. The van der Waals surface area contributed by atoms with Crippen molar-refractivity contribution in [1.29, 1.82) is 0 Å².